The van der Waals surface area contributed by atoms with Crippen LogP contribution in [0.3, 0.4) is 0 Å². The van der Waals surface area contributed by atoms with Crippen molar-refractivity contribution in [3.05, 3.63) is 77.9 Å². The lowest BCUT2D eigenvalue weighted by atomic mass is 10.0. The van der Waals surface area contributed by atoms with Crippen molar-refractivity contribution in [1.29, 1.82) is 0 Å². The van der Waals surface area contributed by atoms with Crippen LogP contribution < -0.4 is 19.7 Å². The number of nitrogens with zero attached hydrogens (tertiary/aromatic N) is 1. The van der Waals surface area contributed by atoms with Crippen molar-refractivity contribution < 1.29 is 19.4 Å². The lowest BCUT2D eigenvalue weighted by Gasteiger charge is -2.38. The predicted octanol–water partition coefficient (Wildman–Crippen LogP) is 3.89. The number of para-hydroxylation sites is 1. The number of benzene rings is 3. The number of rotatable bonds is 2. The minimum atomic E-state index is -0.423. The zero-order valence-corrected chi connectivity index (χ0v) is 14.3. The summed E-state index contributed by atoms with van der Waals surface area (Å²) in [5.74, 6) is 1.35. The van der Waals surface area contributed by atoms with Crippen LogP contribution in [0.1, 0.15) is 22.1 Å². The molecule has 2 aliphatic heterocycles. The number of carbonyl (C=O) groups is 1. The van der Waals surface area contributed by atoms with Crippen LogP contribution in [0.2, 0.25) is 0 Å². The zero-order chi connectivity index (χ0) is 18.4. The third kappa shape index (κ3) is 2.54. The number of anilines is 2. The topological polar surface area (TPSA) is 71.0 Å². The Hall–Kier alpha value is -3.67. The van der Waals surface area contributed by atoms with Gasteiger partial charge in [-0.3, -0.25) is 9.69 Å². The Morgan fingerprint density at radius 3 is 2.59 bits per heavy atom. The average Bonchev–Trinajstić information content (AvgIpc) is 3.16. The summed E-state index contributed by atoms with van der Waals surface area (Å²) in [4.78, 5) is 15.0. The number of ether oxygens (including phenoxy) is 2. The molecule has 2 heterocycles. The molecule has 0 bridgehead atoms. The van der Waals surface area contributed by atoms with E-state index in [4.69, 9.17) is 9.47 Å². The fourth-order valence-corrected chi connectivity index (χ4v) is 3.44. The Bertz CT molecular complexity index is 1030. The third-order valence-electron chi connectivity index (χ3n) is 4.77. The Labute approximate surface area is 155 Å². The van der Waals surface area contributed by atoms with Crippen LogP contribution in [-0.2, 0) is 0 Å². The Morgan fingerprint density at radius 1 is 0.963 bits per heavy atom. The number of hydrogen-bond acceptors (Lipinski definition) is 5. The van der Waals surface area contributed by atoms with Crippen LogP contribution in [0.5, 0.6) is 17.2 Å². The number of nitrogens with one attached hydrogen (secondary N) is 1. The minimum absolute atomic E-state index is 0.110. The molecule has 6 heteroatoms. The van der Waals surface area contributed by atoms with Crippen LogP contribution in [0.15, 0.2) is 66.7 Å². The highest BCUT2D eigenvalue weighted by Crippen LogP contribution is 2.41. The molecule has 134 valence electrons. The van der Waals surface area contributed by atoms with Crippen LogP contribution >= 0.6 is 0 Å². The first-order valence-corrected chi connectivity index (χ1v) is 8.58. The summed E-state index contributed by atoms with van der Waals surface area (Å²) in [7, 11) is 0. The van der Waals surface area contributed by atoms with Gasteiger partial charge in [0.25, 0.3) is 5.91 Å². The molecule has 0 aliphatic carbocycles. The second-order valence-corrected chi connectivity index (χ2v) is 6.40. The van der Waals surface area contributed by atoms with Gasteiger partial charge >= 0.3 is 0 Å². The third-order valence-corrected chi connectivity index (χ3v) is 4.77. The maximum Gasteiger partial charge on any atom is 0.262 e. The molecule has 0 aromatic heterocycles. The number of amides is 1. The van der Waals surface area contributed by atoms with Crippen LogP contribution in [0.4, 0.5) is 11.4 Å². The molecular formula is C21H16N2O4. The lowest BCUT2D eigenvalue weighted by molar-refractivity contribution is 0.0975. The molecule has 0 radical (unpaired) electrons. The highest BCUT2D eigenvalue weighted by Gasteiger charge is 2.34. The maximum atomic E-state index is 13.3. The standard InChI is InChI=1S/C21H16N2O4/c24-15-8-5-13(6-9-15)20-22-17-4-2-1-3-16(17)21(25)23(20)14-7-10-18-19(11-14)27-12-26-18/h1-11,20,22,24H,12H2. The van der Waals surface area contributed by atoms with Gasteiger partial charge in [-0.2, -0.15) is 0 Å². The van der Waals surface area contributed by atoms with Gasteiger partial charge in [0.05, 0.1) is 11.3 Å². The van der Waals surface area contributed by atoms with Gasteiger partial charge in [0.2, 0.25) is 6.79 Å². The van der Waals surface area contributed by atoms with Gasteiger partial charge in [0.1, 0.15) is 11.9 Å². The summed E-state index contributed by atoms with van der Waals surface area (Å²) in [6.45, 7) is 0.176. The fourth-order valence-electron chi connectivity index (χ4n) is 3.44. The average molecular weight is 360 g/mol. The Morgan fingerprint density at radius 2 is 1.74 bits per heavy atom. The number of fused-ring (bicyclic) bond motifs is 2. The summed E-state index contributed by atoms with van der Waals surface area (Å²) in [6.07, 6.45) is -0.423. The van der Waals surface area contributed by atoms with Crippen LogP contribution in [-0.4, -0.2) is 17.8 Å². The molecule has 0 fully saturated rings. The molecule has 0 saturated carbocycles. The Balaban J connectivity index is 1.64. The highest BCUT2D eigenvalue weighted by atomic mass is 16.7. The predicted molar refractivity (Wildman–Crippen MR) is 100 cm³/mol. The number of carbonyl (C=O) groups excluding carboxylic acids is 1. The van der Waals surface area contributed by atoms with Crippen molar-refractivity contribution in [1.82, 2.24) is 0 Å². The molecular weight excluding hydrogens is 344 g/mol. The van der Waals surface area contributed by atoms with Gasteiger partial charge in [-0.15, -0.1) is 0 Å². The number of aromatic hydroxyl groups is 1. The van der Waals surface area contributed by atoms with Gasteiger partial charge < -0.3 is 19.9 Å². The van der Waals surface area contributed by atoms with Crippen LogP contribution in [0.25, 0.3) is 0 Å². The molecule has 3 aromatic carbocycles. The van der Waals surface area contributed by atoms with Gasteiger partial charge in [-0.25, -0.2) is 0 Å². The molecule has 2 aliphatic rings. The molecule has 5 rings (SSSR count). The maximum absolute atomic E-state index is 13.3. The number of hydrogen-bond donors (Lipinski definition) is 2. The van der Waals surface area contributed by atoms with E-state index in [2.05, 4.69) is 5.32 Å². The summed E-state index contributed by atoms with van der Waals surface area (Å²) in [5.41, 5.74) is 2.93. The van der Waals surface area contributed by atoms with E-state index in [1.54, 1.807) is 41.3 Å². The van der Waals surface area contributed by atoms with Crippen LogP contribution in [0, 0.1) is 0 Å². The molecule has 1 unspecified atom stereocenters. The Kier molecular flexibility index (Phi) is 3.43. The van der Waals surface area contributed by atoms with Crippen molar-refractivity contribution in [2.75, 3.05) is 17.0 Å². The molecule has 2 N–H and O–H groups in total. The molecule has 0 spiro atoms. The SMILES string of the molecule is O=C1c2ccccc2NC(c2ccc(O)cc2)N1c1ccc2c(c1)OCO2. The molecule has 1 atom stereocenters. The van der Waals surface area contributed by atoms with Crippen molar-refractivity contribution in [3.63, 3.8) is 0 Å². The van der Waals surface area contributed by atoms with Crippen molar-refractivity contribution in [3.8, 4) is 17.2 Å². The van der Waals surface area contributed by atoms with Crippen molar-refractivity contribution in [2.45, 2.75) is 6.17 Å². The number of phenolic OH excluding ortho intramolecular Hbond substituents is 1. The normalized spacial score (nSPS) is 17.4. The van der Waals surface area contributed by atoms with E-state index < -0.39 is 6.17 Å². The zero-order valence-electron chi connectivity index (χ0n) is 14.3. The summed E-state index contributed by atoms with van der Waals surface area (Å²) in [6, 6.07) is 19.7. The first kappa shape index (κ1) is 15.6. The fraction of sp³-hybridized carbons (Fsp3) is 0.0952. The first-order valence-electron chi connectivity index (χ1n) is 8.58. The van der Waals surface area contributed by atoms with Gasteiger partial charge in [-0.05, 0) is 42.0 Å². The summed E-state index contributed by atoms with van der Waals surface area (Å²) >= 11 is 0. The second-order valence-electron chi connectivity index (χ2n) is 6.40. The van der Waals surface area contributed by atoms with Gasteiger partial charge in [0, 0.05) is 11.8 Å². The minimum Gasteiger partial charge on any atom is -0.508 e. The van der Waals surface area contributed by atoms with Crippen molar-refractivity contribution in [2.24, 2.45) is 0 Å². The second kappa shape index (κ2) is 5.95. The largest absolute Gasteiger partial charge is 0.508 e. The monoisotopic (exact) mass is 360 g/mol. The van der Waals surface area contributed by atoms with Crippen molar-refractivity contribution >= 4 is 17.3 Å². The lowest BCUT2D eigenvalue weighted by Crippen LogP contribution is -2.43. The molecule has 0 saturated heterocycles. The van der Waals surface area contributed by atoms with Gasteiger partial charge in [-0.1, -0.05) is 24.3 Å². The smallest absolute Gasteiger partial charge is 0.262 e. The molecule has 6 nitrogen and oxygen atoms in total. The molecule has 1 amide bonds. The van der Waals surface area contributed by atoms with E-state index in [9.17, 15) is 9.90 Å². The van der Waals surface area contributed by atoms with E-state index in [-0.39, 0.29) is 18.4 Å². The van der Waals surface area contributed by atoms with E-state index in [0.29, 0.717) is 22.7 Å². The first-order chi connectivity index (χ1) is 13.2. The van der Waals surface area contributed by atoms with E-state index in [0.717, 1.165) is 11.3 Å². The van der Waals surface area contributed by atoms with E-state index in [1.165, 1.54) is 0 Å². The quantitative estimate of drug-likeness (QED) is 0.725. The molecule has 3 aromatic rings. The van der Waals surface area contributed by atoms with E-state index in [1.807, 2.05) is 30.3 Å². The van der Waals surface area contributed by atoms with E-state index >= 15 is 0 Å². The molecule has 27 heavy (non-hydrogen) atoms. The van der Waals surface area contributed by atoms with Gasteiger partial charge in [0.15, 0.2) is 11.5 Å². The highest BCUT2D eigenvalue weighted by molar-refractivity contribution is 6.12. The summed E-state index contributed by atoms with van der Waals surface area (Å²) < 4.78 is 10.9. The summed E-state index contributed by atoms with van der Waals surface area (Å²) in [5, 5.41) is 13.1. The number of phenols is 1.